The number of hydrogen-bond acceptors (Lipinski definition) is 3. The standard InChI is InChI=1S/C11H14O3.K/c1-8(2)9-5-3-4-6-10(9)14-7-11(12)13;/h3-6,8H,7H2,1-2H3,(H,12,13);/q;+1/p-1. The monoisotopic (exact) mass is 232 g/mol. The largest absolute Gasteiger partial charge is 1.00 e. The molecule has 3 nitrogen and oxygen atoms in total. The first-order valence-corrected chi connectivity index (χ1v) is 4.53. The quantitative estimate of drug-likeness (QED) is 0.561. The molecule has 0 saturated heterocycles. The first-order chi connectivity index (χ1) is 6.61. The summed E-state index contributed by atoms with van der Waals surface area (Å²) in [7, 11) is 0. The van der Waals surface area contributed by atoms with Gasteiger partial charge in [0.05, 0.1) is 5.97 Å². The third kappa shape index (κ3) is 5.13. The maximum atomic E-state index is 10.2. The molecule has 15 heavy (non-hydrogen) atoms. The molecule has 0 heterocycles. The van der Waals surface area contributed by atoms with E-state index < -0.39 is 12.6 Å². The SMILES string of the molecule is CC(C)c1ccccc1OCC(=O)[O-].[K+]. The van der Waals surface area contributed by atoms with Crippen molar-refractivity contribution in [3.8, 4) is 5.75 Å². The van der Waals surface area contributed by atoms with Crippen LogP contribution in [0.15, 0.2) is 24.3 Å². The fourth-order valence-electron chi connectivity index (χ4n) is 1.23. The van der Waals surface area contributed by atoms with Crippen LogP contribution < -0.4 is 61.2 Å². The molecule has 0 bridgehead atoms. The molecular formula is C11H13KO3. The smallest absolute Gasteiger partial charge is 0.546 e. The molecule has 0 saturated carbocycles. The predicted octanol–water partition coefficient (Wildman–Crippen LogP) is -2.06. The zero-order chi connectivity index (χ0) is 10.6. The van der Waals surface area contributed by atoms with E-state index in [0.717, 1.165) is 5.56 Å². The molecule has 0 aliphatic rings. The van der Waals surface area contributed by atoms with E-state index in [9.17, 15) is 9.90 Å². The minimum Gasteiger partial charge on any atom is -0.546 e. The summed E-state index contributed by atoms with van der Waals surface area (Å²) in [6.45, 7) is 3.66. The van der Waals surface area contributed by atoms with Gasteiger partial charge in [0, 0.05) is 0 Å². The second-order valence-electron chi connectivity index (χ2n) is 3.35. The number of carboxylic acids is 1. The number of hydrogen-bond donors (Lipinski definition) is 0. The molecule has 0 aliphatic carbocycles. The first-order valence-electron chi connectivity index (χ1n) is 4.53. The van der Waals surface area contributed by atoms with Gasteiger partial charge >= 0.3 is 51.4 Å². The summed E-state index contributed by atoms with van der Waals surface area (Å²) >= 11 is 0. The number of carbonyl (C=O) groups excluding carboxylic acids is 1. The van der Waals surface area contributed by atoms with Gasteiger partial charge in [0.15, 0.2) is 0 Å². The summed E-state index contributed by atoms with van der Waals surface area (Å²) in [4.78, 5) is 10.2. The van der Waals surface area contributed by atoms with Gasteiger partial charge in [-0.25, -0.2) is 0 Å². The van der Waals surface area contributed by atoms with Gasteiger partial charge in [-0.05, 0) is 17.5 Å². The molecule has 4 heteroatoms. The zero-order valence-corrected chi connectivity index (χ0v) is 12.4. The molecule has 0 spiro atoms. The van der Waals surface area contributed by atoms with Crippen LogP contribution in [0.5, 0.6) is 5.75 Å². The number of carbonyl (C=O) groups is 1. The molecule has 1 aromatic rings. The van der Waals surface area contributed by atoms with Crippen LogP contribution in [0, 0.1) is 0 Å². The van der Waals surface area contributed by atoms with Crippen LogP contribution in [-0.4, -0.2) is 12.6 Å². The Hall–Kier alpha value is 0.126. The van der Waals surface area contributed by atoms with Crippen molar-refractivity contribution in [3.05, 3.63) is 29.8 Å². The average molecular weight is 232 g/mol. The van der Waals surface area contributed by atoms with Crippen molar-refractivity contribution in [1.29, 1.82) is 0 Å². The van der Waals surface area contributed by atoms with Crippen molar-refractivity contribution in [2.75, 3.05) is 6.61 Å². The van der Waals surface area contributed by atoms with Crippen LogP contribution in [-0.2, 0) is 4.79 Å². The van der Waals surface area contributed by atoms with Gasteiger partial charge in [0.1, 0.15) is 12.4 Å². The number of carboxylic acid groups (broad SMARTS) is 1. The van der Waals surface area contributed by atoms with Gasteiger partial charge < -0.3 is 14.6 Å². The summed E-state index contributed by atoms with van der Waals surface area (Å²) in [5.74, 6) is -0.275. The van der Waals surface area contributed by atoms with Crippen LogP contribution in [0.2, 0.25) is 0 Å². The van der Waals surface area contributed by atoms with Gasteiger partial charge in [0.25, 0.3) is 0 Å². The van der Waals surface area contributed by atoms with Crippen LogP contribution >= 0.6 is 0 Å². The van der Waals surface area contributed by atoms with Crippen LogP contribution in [0.3, 0.4) is 0 Å². The Morgan fingerprint density at radius 3 is 2.53 bits per heavy atom. The molecule has 1 rings (SSSR count). The third-order valence-electron chi connectivity index (χ3n) is 1.89. The second-order valence-corrected chi connectivity index (χ2v) is 3.35. The van der Waals surface area contributed by atoms with Gasteiger partial charge in [0.2, 0.25) is 0 Å². The molecule has 0 unspecified atom stereocenters. The van der Waals surface area contributed by atoms with Crippen LogP contribution in [0.1, 0.15) is 25.3 Å². The van der Waals surface area contributed by atoms with Crippen molar-refractivity contribution in [1.82, 2.24) is 0 Å². The Bertz CT molecular complexity index is 323. The topological polar surface area (TPSA) is 49.4 Å². The molecular weight excluding hydrogens is 219 g/mol. The van der Waals surface area contributed by atoms with Crippen molar-refractivity contribution in [2.45, 2.75) is 19.8 Å². The zero-order valence-electron chi connectivity index (χ0n) is 9.32. The summed E-state index contributed by atoms with van der Waals surface area (Å²) in [6, 6.07) is 7.41. The van der Waals surface area contributed by atoms with E-state index in [1.807, 2.05) is 32.0 Å². The Kier molecular flexibility index (Phi) is 7.47. The number of aliphatic carboxylic acids is 1. The van der Waals surface area contributed by atoms with Crippen LogP contribution in [0.4, 0.5) is 0 Å². The van der Waals surface area contributed by atoms with Crippen molar-refractivity contribution >= 4 is 5.97 Å². The van der Waals surface area contributed by atoms with Crippen molar-refractivity contribution in [3.63, 3.8) is 0 Å². The molecule has 1 aromatic carbocycles. The summed E-state index contributed by atoms with van der Waals surface area (Å²) in [5.41, 5.74) is 1.01. The average Bonchev–Trinajstić information content (AvgIpc) is 2.15. The normalized spacial score (nSPS) is 9.53. The molecule has 0 atom stereocenters. The van der Waals surface area contributed by atoms with E-state index >= 15 is 0 Å². The molecule has 0 aliphatic heterocycles. The molecule has 0 N–H and O–H groups in total. The van der Waals surface area contributed by atoms with E-state index in [2.05, 4.69) is 0 Å². The maximum Gasteiger partial charge on any atom is 1.00 e. The van der Waals surface area contributed by atoms with Crippen molar-refractivity contribution < 1.29 is 66.0 Å². The summed E-state index contributed by atoms with van der Waals surface area (Å²) < 4.78 is 5.10. The number of para-hydroxylation sites is 1. The number of benzene rings is 1. The van der Waals surface area contributed by atoms with Gasteiger partial charge in [-0.15, -0.1) is 0 Å². The van der Waals surface area contributed by atoms with Crippen molar-refractivity contribution in [2.24, 2.45) is 0 Å². The third-order valence-corrected chi connectivity index (χ3v) is 1.89. The van der Waals surface area contributed by atoms with Gasteiger partial charge in [-0.3, -0.25) is 0 Å². The first kappa shape index (κ1) is 15.1. The van der Waals surface area contributed by atoms with E-state index in [-0.39, 0.29) is 51.4 Å². The minimum atomic E-state index is -1.21. The number of rotatable bonds is 4. The van der Waals surface area contributed by atoms with E-state index in [0.29, 0.717) is 11.7 Å². The van der Waals surface area contributed by atoms with E-state index in [4.69, 9.17) is 4.74 Å². The molecule has 0 amide bonds. The van der Waals surface area contributed by atoms with Gasteiger partial charge in [-0.2, -0.15) is 0 Å². The Morgan fingerprint density at radius 2 is 2.00 bits per heavy atom. The molecule has 0 radical (unpaired) electrons. The Labute approximate surface area is 132 Å². The molecule has 0 fully saturated rings. The Morgan fingerprint density at radius 1 is 1.40 bits per heavy atom. The second kappa shape index (κ2) is 7.41. The molecule has 0 aromatic heterocycles. The fraction of sp³-hybridized carbons (Fsp3) is 0.364. The predicted molar refractivity (Wildman–Crippen MR) is 51.0 cm³/mol. The Balaban J connectivity index is 0.00000196. The van der Waals surface area contributed by atoms with E-state index in [1.54, 1.807) is 6.07 Å². The minimum absolute atomic E-state index is 0. The van der Waals surface area contributed by atoms with Gasteiger partial charge in [-0.1, -0.05) is 32.0 Å². The van der Waals surface area contributed by atoms with Crippen LogP contribution in [0.25, 0.3) is 0 Å². The summed E-state index contributed by atoms with van der Waals surface area (Å²) in [6.07, 6.45) is 0. The van der Waals surface area contributed by atoms with E-state index in [1.165, 1.54) is 0 Å². The maximum absolute atomic E-state index is 10.2. The number of ether oxygens (including phenoxy) is 1. The fourth-order valence-corrected chi connectivity index (χ4v) is 1.23. The molecule has 76 valence electrons. The summed E-state index contributed by atoms with van der Waals surface area (Å²) in [5, 5.41) is 10.2.